The average Bonchev–Trinajstić information content (AvgIpc) is 2.70. The molecule has 0 aromatic carbocycles. The number of amides is 1. The van der Waals surface area contributed by atoms with Gasteiger partial charge in [-0.3, -0.25) is 9.89 Å². The third kappa shape index (κ3) is 2.32. The second kappa shape index (κ2) is 4.10. The first kappa shape index (κ1) is 9.67. The molecule has 0 fully saturated rings. The van der Waals surface area contributed by atoms with Crippen LogP contribution in [0.15, 0.2) is 30.6 Å². The minimum atomic E-state index is -0.279. The summed E-state index contributed by atoms with van der Waals surface area (Å²) in [7, 11) is 0. The molecule has 15 heavy (non-hydrogen) atoms. The molecule has 0 aliphatic rings. The normalized spacial score (nSPS) is 9.93. The van der Waals surface area contributed by atoms with Gasteiger partial charge in [0, 0.05) is 6.20 Å². The molecule has 0 radical (unpaired) electrons. The number of H-pyrrole nitrogens is 1. The molecule has 0 aliphatic carbocycles. The topological polar surface area (TPSA) is 70.7 Å². The van der Waals surface area contributed by atoms with Crippen molar-refractivity contribution in [1.29, 1.82) is 0 Å². The van der Waals surface area contributed by atoms with Gasteiger partial charge in [-0.25, -0.2) is 4.98 Å². The highest BCUT2D eigenvalue weighted by molar-refractivity contribution is 6.29. The first-order valence-corrected chi connectivity index (χ1v) is 4.56. The number of anilines is 1. The highest BCUT2D eigenvalue weighted by Gasteiger charge is 2.07. The van der Waals surface area contributed by atoms with Gasteiger partial charge >= 0.3 is 0 Å². The molecule has 2 N–H and O–H groups in total. The van der Waals surface area contributed by atoms with Crippen LogP contribution in [0, 0.1) is 0 Å². The second-order valence-corrected chi connectivity index (χ2v) is 3.17. The Morgan fingerprint density at radius 2 is 2.33 bits per heavy atom. The zero-order valence-electron chi connectivity index (χ0n) is 7.57. The van der Waals surface area contributed by atoms with Crippen LogP contribution in [0.5, 0.6) is 0 Å². The summed E-state index contributed by atoms with van der Waals surface area (Å²) in [5.74, 6) is 0.132. The fourth-order valence-corrected chi connectivity index (χ4v) is 1.21. The maximum Gasteiger partial charge on any atom is 0.259 e. The quantitative estimate of drug-likeness (QED) is 0.760. The number of pyridine rings is 1. The Morgan fingerprint density at radius 3 is 3.00 bits per heavy atom. The highest BCUT2D eigenvalue weighted by atomic mass is 35.5. The van der Waals surface area contributed by atoms with Crippen molar-refractivity contribution in [1.82, 2.24) is 15.2 Å². The van der Waals surface area contributed by atoms with Crippen molar-refractivity contribution < 1.29 is 4.79 Å². The van der Waals surface area contributed by atoms with Gasteiger partial charge in [0.05, 0.1) is 11.8 Å². The fourth-order valence-electron chi connectivity index (χ4n) is 1.04. The largest absolute Gasteiger partial charge is 0.306 e. The van der Waals surface area contributed by atoms with Crippen LogP contribution >= 0.6 is 11.6 Å². The Balaban J connectivity index is 2.13. The van der Waals surface area contributed by atoms with E-state index >= 15 is 0 Å². The van der Waals surface area contributed by atoms with E-state index in [1.807, 2.05) is 0 Å². The molecule has 0 saturated heterocycles. The molecule has 1 amide bonds. The van der Waals surface area contributed by atoms with Crippen molar-refractivity contribution in [3.8, 4) is 0 Å². The van der Waals surface area contributed by atoms with Gasteiger partial charge in [-0.1, -0.05) is 17.7 Å². The van der Waals surface area contributed by atoms with E-state index in [-0.39, 0.29) is 5.91 Å². The summed E-state index contributed by atoms with van der Waals surface area (Å²) in [6.07, 6.45) is 2.93. The maximum atomic E-state index is 11.5. The van der Waals surface area contributed by atoms with Crippen molar-refractivity contribution in [2.45, 2.75) is 0 Å². The van der Waals surface area contributed by atoms with Crippen molar-refractivity contribution >= 4 is 23.3 Å². The Morgan fingerprint density at radius 1 is 1.47 bits per heavy atom. The number of nitrogens with one attached hydrogen (secondary N) is 2. The van der Waals surface area contributed by atoms with Crippen LogP contribution in [0.1, 0.15) is 10.4 Å². The Kier molecular flexibility index (Phi) is 2.64. The lowest BCUT2D eigenvalue weighted by atomic mass is 10.3. The van der Waals surface area contributed by atoms with Crippen molar-refractivity contribution in [2.75, 3.05) is 5.32 Å². The number of aromatic nitrogens is 3. The van der Waals surface area contributed by atoms with Crippen molar-refractivity contribution in [2.24, 2.45) is 0 Å². The van der Waals surface area contributed by atoms with E-state index in [0.717, 1.165) is 0 Å². The minimum Gasteiger partial charge on any atom is -0.306 e. The van der Waals surface area contributed by atoms with Gasteiger partial charge in [0.1, 0.15) is 11.0 Å². The summed E-state index contributed by atoms with van der Waals surface area (Å²) in [6, 6.07) is 5.00. The first-order valence-electron chi connectivity index (χ1n) is 4.18. The number of carbonyl (C=O) groups is 1. The molecule has 76 valence electrons. The average molecular weight is 223 g/mol. The zero-order chi connectivity index (χ0) is 10.7. The minimum absolute atomic E-state index is 0.279. The SMILES string of the molecule is O=C(Nc1cccc(Cl)n1)c1cn[nH]c1. The number of aromatic amines is 1. The van der Waals surface area contributed by atoms with E-state index in [9.17, 15) is 4.79 Å². The molecule has 0 aliphatic heterocycles. The van der Waals surface area contributed by atoms with Crippen LogP contribution in [0.3, 0.4) is 0 Å². The Bertz CT molecular complexity index is 469. The molecule has 0 atom stereocenters. The Hall–Kier alpha value is -1.88. The lowest BCUT2D eigenvalue weighted by Gasteiger charge is -2.01. The summed E-state index contributed by atoms with van der Waals surface area (Å²) in [5, 5.41) is 9.14. The van der Waals surface area contributed by atoms with Crippen molar-refractivity contribution in [3.63, 3.8) is 0 Å². The predicted octanol–water partition coefficient (Wildman–Crippen LogP) is 1.71. The van der Waals surface area contributed by atoms with E-state index < -0.39 is 0 Å². The third-order valence-corrected chi connectivity index (χ3v) is 1.93. The molecule has 0 spiro atoms. The fraction of sp³-hybridized carbons (Fsp3) is 0. The van der Waals surface area contributed by atoms with Gasteiger partial charge < -0.3 is 5.32 Å². The van der Waals surface area contributed by atoms with Crippen LogP contribution in [-0.2, 0) is 0 Å². The summed E-state index contributed by atoms with van der Waals surface area (Å²) in [6.45, 7) is 0. The molecule has 2 heterocycles. The van der Waals surface area contributed by atoms with E-state index in [1.54, 1.807) is 18.2 Å². The Labute approximate surface area is 90.5 Å². The molecular formula is C9H7ClN4O. The van der Waals surface area contributed by atoms with Gasteiger partial charge in [0.15, 0.2) is 0 Å². The zero-order valence-corrected chi connectivity index (χ0v) is 8.32. The van der Waals surface area contributed by atoms with Gasteiger partial charge in [0.25, 0.3) is 5.91 Å². The second-order valence-electron chi connectivity index (χ2n) is 2.79. The maximum absolute atomic E-state index is 11.5. The van der Waals surface area contributed by atoms with Gasteiger partial charge in [-0.15, -0.1) is 0 Å². The molecule has 2 aromatic rings. The van der Waals surface area contributed by atoms with Crippen LogP contribution < -0.4 is 5.32 Å². The number of rotatable bonds is 2. The molecule has 5 nitrogen and oxygen atoms in total. The molecular weight excluding hydrogens is 216 g/mol. The molecule has 0 saturated carbocycles. The number of nitrogens with zero attached hydrogens (tertiary/aromatic N) is 2. The standard InChI is InChI=1S/C9H7ClN4O/c10-7-2-1-3-8(13-7)14-9(15)6-4-11-12-5-6/h1-5H,(H,11,12)(H,13,14,15). The van der Waals surface area contributed by atoms with Crippen LogP contribution in [0.25, 0.3) is 0 Å². The molecule has 2 rings (SSSR count). The van der Waals surface area contributed by atoms with Crippen LogP contribution in [0.4, 0.5) is 5.82 Å². The van der Waals surface area contributed by atoms with E-state index in [2.05, 4.69) is 20.5 Å². The van der Waals surface area contributed by atoms with E-state index in [4.69, 9.17) is 11.6 Å². The number of hydrogen-bond donors (Lipinski definition) is 2. The first-order chi connectivity index (χ1) is 7.25. The van der Waals surface area contributed by atoms with Gasteiger partial charge in [-0.05, 0) is 12.1 Å². The lowest BCUT2D eigenvalue weighted by Crippen LogP contribution is -2.11. The van der Waals surface area contributed by atoms with Crippen molar-refractivity contribution in [3.05, 3.63) is 41.3 Å². The van der Waals surface area contributed by atoms with E-state index in [1.165, 1.54) is 12.4 Å². The van der Waals surface area contributed by atoms with Gasteiger partial charge in [0.2, 0.25) is 0 Å². The number of carbonyl (C=O) groups excluding carboxylic acids is 1. The summed E-state index contributed by atoms with van der Waals surface area (Å²) in [4.78, 5) is 15.5. The van der Waals surface area contributed by atoms with E-state index in [0.29, 0.717) is 16.5 Å². The smallest absolute Gasteiger partial charge is 0.259 e. The third-order valence-electron chi connectivity index (χ3n) is 1.72. The highest BCUT2D eigenvalue weighted by Crippen LogP contribution is 2.10. The number of halogens is 1. The monoisotopic (exact) mass is 222 g/mol. The molecule has 0 unspecified atom stereocenters. The molecule has 6 heteroatoms. The predicted molar refractivity (Wildman–Crippen MR) is 55.8 cm³/mol. The summed E-state index contributed by atoms with van der Waals surface area (Å²) < 4.78 is 0. The van der Waals surface area contributed by atoms with Crippen LogP contribution in [-0.4, -0.2) is 21.1 Å². The summed E-state index contributed by atoms with van der Waals surface area (Å²) >= 11 is 5.67. The molecule has 0 bridgehead atoms. The lowest BCUT2D eigenvalue weighted by molar-refractivity contribution is 0.102. The van der Waals surface area contributed by atoms with Gasteiger partial charge in [-0.2, -0.15) is 5.10 Å². The summed E-state index contributed by atoms with van der Waals surface area (Å²) in [5.41, 5.74) is 0.441. The molecule has 2 aromatic heterocycles. The number of hydrogen-bond acceptors (Lipinski definition) is 3. The van der Waals surface area contributed by atoms with Crippen LogP contribution in [0.2, 0.25) is 5.15 Å².